The third kappa shape index (κ3) is 3.17. The summed E-state index contributed by atoms with van der Waals surface area (Å²) in [5, 5.41) is 4.23. The lowest BCUT2D eigenvalue weighted by Crippen LogP contribution is -2.18. The van der Waals surface area contributed by atoms with Crippen LogP contribution in [0.15, 0.2) is 35.8 Å². The van der Waals surface area contributed by atoms with E-state index in [9.17, 15) is 13.6 Å². The molecule has 5 nitrogen and oxygen atoms in total. The first kappa shape index (κ1) is 17.2. The molecule has 0 aliphatic rings. The van der Waals surface area contributed by atoms with Gasteiger partial charge in [0, 0.05) is 19.2 Å². The van der Waals surface area contributed by atoms with Gasteiger partial charge in [-0.2, -0.15) is 10.1 Å². The molecular weight excluding hydrogens is 346 g/mol. The number of benzene rings is 1. The number of hydrogen-bond donors (Lipinski definition) is 0. The van der Waals surface area contributed by atoms with Crippen LogP contribution in [0.1, 0.15) is 23.1 Å². The summed E-state index contributed by atoms with van der Waals surface area (Å²) in [5.74, 6) is -1.85. The Morgan fingerprint density at radius 1 is 1.40 bits per heavy atom. The van der Waals surface area contributed by atoms with E-state index in [2.05, 4.69) is 16.7 Å². The first-order chi connectivity index (χ1) is 11.9. The van der Waals surface area contributed by atoms with E-state index in [1.807, 2.05) is 6.92 Å². The van der Waals surface area contributed by atoms with Crippen molar-refractivity contribution >= 4 is 27.5 Å². The smallest absolute Gasteiger partial charge is 0.297 e. The van der Waals surface area contributed by atoms with E-state index in [4.69, 9.17) is 0 Å². The highest BCUT2D eigenvalue weighted by Crippen LogP contribution is 2.22. The maximum Gasteiger partial charge on any atom is 0.297 e. The van der Waals surface area contributed by atoms with E-state index >= 15 is 0 Å². The van der Waals surface area contributed by atoms with Gasteiger partial charge >= 0.3 is 0 Å². The highest BCUT2D eigenvalue weighted by molar-refractivity contribution is 7.16. The molecule has 0 saturated heterocycles. The Morgan fingerprint density at radius 2 is 2.16 bits per heavy atom. The Balaban J connectivity index is 2.21. The van der Waals surface area contributed by atoms with Gasteiger partial charge in [-0.3, -0.25) is 9.48 Å². The molecule has 0 aliphatic heterocycles. The van der Waals surface area contributed by atoms with Crippen LogP contribution in [0.25, 0.3) is 10.2 Å². The van der Waals surface area contributed by atoms with E-state index < -0.39 is 17.5 Å². The van der Waals surface area contributed by atoms with Gasteiger partial charge in [0.15, 0.2) is 10.6 Å². The zero-order chi connectivity index (χ0) is 18.1. The molecule has 0 atom stereocenters. The molecule has 0 fully saturated rings. The first-order valence-electron chi connectivity index (χ1n) is 7.67. The minimum Gasteiger partial charge on any atom is -0.310 e. The van der Waals surface area contributed by atoms with Crippen molar-refractivity contribution in [3.8, 4) is 0 Å². The van der Waals surface area contributed by atoms with Crippen LogP contribution in [-0.4, -0.2) is 20.3 Å². The molecule has 0 radical (unpaired) electrons. The Bertz CT molecular complexity index is 1050. The number of thiazole rings is 1. The van der Waals surface area contributed by atoms with Crippen LogP contribution in [0.2, 0.25) is 0 Å². The van der Waals surface area contributed by atoms with Gasteiger partial charge in [0.2, 0.25) is 0 Å². The first-order valence-corrected chi connectivity index (χ1v) is 8.49. The Hall–Kier alpha value is -2.61. The van der Waals surface area contributed by atoms with Crippen molar-refractivity contribution in [2.24, 2.45) is 4.99 Å². The van der Waals surface area contributed by atoms with Crippen molar-refractivity contribution in [3.05, 3.63) is 58.7 Å². The predicted molar refractivity (Wildman–Crippen MR) is 92.5 cm³/mol. The summed E-state index contributed by atoms with van der Waals surface area (Å²) in [6, 6.07) is 3.70. The number of carbonyl (C=O) groups excluding carboxylic acids is 1. The van der Waals surface area contributed by atoms with Gasteiger partial charge in [-0.15, -0.1) is 6.58 Å². The number of amides is 1. The number of rotatable bonds is 4. The van der Waals surface area contributed by atoms with E-state index in [-0.39, 0.29) is 16.9 Å². The summed E-state index contributed by atoms with van der Waals surface area (Å²) in [5.41, 5.74) is 1.27. The minimum absolute atomic E-state index is 0.207. The number of fused-ring (bicyclic) bond motifs is 1. The third-order valence-corrected chi connectivity index (χ3v) is 4.65. The van der Waals surface area contributed by atoms with Crippen molar-refractivity contribution < 1.29 is 13.6 Å². The topological polar surface area (TPSA) is 52.2 Å². The minimum atomic E-state index is -0.698. The quantitative estimate of drug-likeness (QED) is 0.668. The molecule has 25 heavy (non-hydrogen) atoms. The Labute approximate surface area is 146 Å². The standard InChI is InChI=1S/C17H16F2N4OS/c1-4-6-22-15-12(19)8-11(18)9-14(15)25-17(22)20-16(24)13-7-10(3)21-23(13)5-2/h4,7-9H,1,5-6H2,2-3H3. The molecule has 0 bridgehead atoms. The maximum absolute atomic E-state index is 14.2. The van der Waals surface area contributed by atoms with Crippen molar-refractivity contribution in [3.63, 3.8) is 0 Å². The molecule has 0 saturated carbocycles. The predicted octanol–water partition coefficient (Wildman–Crippen LogP) is 3.43. The highest BCUT2D eigenvalue weighted by atomic mass is 32.1. The van der Waals surface area contributed by atoms with Crippen LogP contribution in [0.4, 0.5) is 8.78 Å². The SMILES string of the molecule is C=CCn1c(=NC(=O)c2cc(C)nn2CC)sc2cc(F)cc(F)c21. The summed E-state index contributed by atoms with van der Waals surface area (Å²) in [6.07, 6.45) is 1.57. The van der Waals surface area contributed by atoms with Crippen molar-refractivity contribution in [2.75, 3.05) is 0 Å². The second kappa shape index (κ2) is 6.72. The summed E-state index contributed by atoms with van der Waals surface area (Å²) in [6.45, 7) is 8.09. The van der Waals surface area contributed by atoms with Crippen molar-refractivity contribution in [1.29, 1.82) is 0 Å². The molecule has 1 aromatic carbocycles. The molecular formula is C17H16F2N4OS. The molecule has 3 rings (SSSR count). The molecule has 0 aliphatic carbocycles. The second-order valence-electron chi connectivity index (χ2n) is 5.42. The van der Waals surface area contributed by atoms with E-state index in [1.165, 1.54) is 10.6 Å². The fourth-order valence-corrected chi connectivity index (χ4v) is 3.69. The van der Waals surface area contributed by atoms with Gasteiger partial charge in [-0.05, 0) is 26.0 Å². The van der Waals surface area contributed by atoms with Gasteiger partial charge in [0.1, 0.15) is 11.5 Å². The molecule has 0 spiro atoms. The van der Waals surface area contributed by atoms with Crippen LogP contribution in [-0.2, 0) is 13.1 Å². The largest absolute Gasteiger partial charge is 0.310 e. The average Bonchev–Trinajstić information content (AvgIpc) is 3.08. The van der Waals surface area contributed by atoms with Crippen LogP contribution in [0, 0.1) is 18.6 Å². The van der Waals surface area contributed by atoms with Crippen LogP contribution >= 0.6 is 11.3 Å². The molecule has 2 heterocycles. The van der Waals surface area contributed by atoms with E-state index in [0.29, 0.717) is 22.6 Å². The average molecular weight is 362 g/mol. The number of carbonyl (C=O) groups is 1. The molecule has 0 unspecified atom stereocenters. The number of halogens is 2. The lowest BCUT2D eigenvalue weighted by molar-refractivity contribution is 0.0987. The van der Waals surface area contributed by atoms with Gasteiger partial charge < -0.3 is 4.57 Å². The summed E-state index contributed by atoms with van der Waals surface area (Å²) < 4.78 is 31.1. The maximum atomic E-state index is 14.2. The number of hydrogen-bond acceptors (Lipinski definition) is 3. The molecule has 0 N–H and O–H groups in total. The summed E-state index contributed by atoms with van der Waals surface area (Å²) in [4.78, 5) is 17.0. The normalized spacial score (nSPS) is 12.1. The zero-order valence-corrected chi connectivity index (χ0v) is 14.6. The number of nitrogens with zero attached hydrogens (tertiary/aromatic N) is 4. The Kier molecular flexibility index (Phi) is 4.63. The molecule has 8 heteroatoms. The van der Waals surface area contributed by atoms with E-state index in [1.54, 1.807) is 23.7 Å². The van der Waals surface area contributed by atoms with Crippen molar-refractivity contribution in [1.82, 2.24) is 14.3 Å². The zero-order valence-electron chi connectivity index (χ0n) is 13.8. The van der Waals surface area contributed by atoms with Crippen LogP contribution < -0.4 is 4.80 Å². The third-order valence-electron chi connectivity index (χ3n) is 3.62. The second-order valence-corrected chi connectivity index (χ2v) is 6.43. The van der Waals surface area contributed by atoms with Crippen LogP contribution in [0.3, 0.4) is 0 Å². The molecule has 130 valence electrons. The number of aromatic nitrogens is 3. The fraction of sp³-hybridized carbons (Fsp3) is 0.235. The Morgan fingerprint density at radius 3 is 2.84 bits per heavy atom. The molecule has 1 amide bonds. The molecule has 3 aromatic rings. The highest BCUT2D eigenvalue weighted by Gasteiger charge is 2.16. The van der Waals surface area contributed by atoms with Gasteiger partial charge in [-0.25, -0.2) is 8.78 Å². The number of allylic oxidation sites excluding steroid dienone is 1. The van der Waals surface area contributed by atoms with Crippen LogP contribution in [0.5, 0.6) is 0 Å². The fourth-order valence-electron chi connectivity index (χ4n) is 2.62. The van der Waals surface area contributed by atoms with Crippen molar-refractivity contribution in [2.45, 2.75) is 26.9 Å². The monoisotopic (exact) mass is 362 g/mol. The van der Waals surface area contributed by atoms with Gasteiger partial charge in [0.05, 0.1) is 15.9 Å². The lowest BCUT2D eigenvalue weighted by atomic mass is 10.3. The summed E-state index contributed by atoms with van der Waals surface area (Å²) in [7, 11) is 0. The van der Waals surface area contributed by atoms with E-state index in [0.717, 1.165) is 17.4 Å². The molecule has 2 aromatic heterocycles. The number of aryl methyl sites for hydroxylation is 2. The van der Waals surface area contributed by atoms with Gasteiger partial charge in [0.25, 0.3) is 5.91 Å². The van der Waals surface area contributed by atoms with Gasteiger partial charge in [-0.1, -0.05) is 17.4 Å². The summed E-state index contributed by atoms with van der Waals surface area (Å²) >= 11 is 1.05. The lowest BCUT2D eigenvalue weighted by Gasteiger charge is -2.02.